The van der Waals surface area contributed by atoms with Gasteiger partial charge in [-0.1, -0.05) is 30.3 Å². The zero-order valence-corrected chi connectivity index (χ0v) is 16.3. The molecule has 0 radical (unpaired) electrons. The number of nitrogens with zero attached hydrogens (tertiary/aromatic N) is 2. The summed E-state index contributed by atoms with van der Waals surface area (Å²) < 4.78 is 39.6. The predicted octanol–water partition coefficient (Wildman–Crippen LogP) is 2.46. The Bertz CT molecular complexity index is 882. The van der Waals surface area contributed by atoms with Crippen molar-refractivity contribution in [2.45, 2.75) is 12.5 Å². The molecular weight excluding hydrogens is 352 g/mol. The molecule has 1 heterocycles. The SMILES string of the molecule is COc1cc2c(cc1OC)[C@@H](c1ccccc1)N(S(=O)(=O)N(C)C)CC2. The van der Waals surface area contributed by atoms with Gasteiger partial charge in [0.25, 0.3) is 10.2 Å². The fourth-order valence-corrected chi connectivity index (χ4v) is 4.61. The Balaban J connectivity index is 2.22. The molecule has 0 aromatic heterocycles. The van der Waals surface area contributed by atoms with Gasteiger partial charge in [0, 0.05) is 20.6 Å². The third-order valence-electron chi connectivity index (χ3n) is 4.70. The van der Waals surface area contributed by atoms with Crippen LogP contribution in [0.4, 0.5) is 0 Å². The molecule has 0 spiro atoms. The van der Waals surface area contributed by atoms with Crippen LogP contribution in [0.15, 0.2) is 42.5 Å². The van der Waals surface area contributed by atoms with E-state index in [-0.39, 0.29) is 0 Å². The van der Waals surface area contributed by atoms with Crippen LogP contribution >= 0.6 is 0 Å². The minimum absolute atomic E-state index is 0.405. The van der Waals surface area contributed by atoms with E-state index in [2.05, 4.69) is 0 Å². The second-order valence-corrected chi connectivity index (χ2v) is 8.47. The molecule has 0 bridgehead atoms. The number of hydrogen-bond acceptors (Lipinski definition) is 4. The van der Waals surface area contributed by atoms with E-state index in [1.807, 2.05) is 42.5 Å². The standard InChI is InChI=1S/C19H24N2O4S/c1-20(2)26(22,23)21-11-10-15-12-17(24-3)18(25-4)13-16(15)19(21)14-8-6-5-7-9-14/h5-9,12-13,19H,10-11H2,1-4H3/t19-/m1/s1. The first-order valence-corrected chi connectivity index (χ1v) is 9.79. The van der Waals surface area contributed by atoms with Gasteiger partial charge in [0.1, 0.15) is 0 Å². The Morgan fingerprint density at radius 3 is 2.23 bits per heavy atom. The van der Waals surface area contributed by atoms with E-state index < -0.39 is 16.3 Å². The summed E-state index contributed by atoms with van der Waals surface area (Å²) in [6, 6.07) is 13.1. The molecule has 0 N–H and O–H groups in total. The summed E-state index contributed by atoms with van der Waals surface area (Å²) in [6.45, 7) is 0.405. The van der Waals surface area contributed by atoms with Gasteiger partial charge in [-0.15, -0.1) is 0 Å². The lowest BCUT2D eigenvalue weighted by Crippen LogP contribution is -2.46. The van der Waals surface area contributed by atoms with Crippen LogP contribution in [-0.4, -0.2) is 51.9 Å². The third-order valence-corrected chi connectivity index (χ3v) is 6.61. The zero-order valence-electron chi connectivity index (χ0n) is 15.5. The molecule has 0 saturated carbocycles. The fraction of sp³-hybridized carbons (Fsp3) is 0.368. The van der Waals surface area contributed by atoms with Crippen molar-refractivity contribution >= 4 is 10.2 Å². The third kappa shape index (κ3) is 3.18. The lowest BCUT2D eigenvalue weighted by Gasteiger charge is -2.38. The van der Waals surface area contributed by atoms with Crippen molar-refractivity contribution in [3.05, 3.63) is 59.2 Å². The number of rotatable bonds is 5. The van der Waals surface area contributed by atoms with Gasteiger partial charge in [-0.3, -0.25) is 0 Å². The minimum atomic E-state index is -3.58. The van der Waals surface area contributed by atoms with Gasteiger partial charge in [0.15, 0.2) is 11.5 Å². The number of fused-ring (bicyclic) bond motifs is 1. The fourth-order valence-electron chi connectivity index (χ4n) is 3.36. The normalized spacial score (nSPS) is 17.8. The zero-order chi connectivity index (χ0) is 18.9. The van der Waals surface area contributed by atoms with Gasteiger partial charge >= 0.3 is 0 Å². The van der Waals surface area contributed by atoms with Crippen LogP contribution in [0.25, 0.3) is 0 Å². The molecule has 0 unspecified atom stereocenters. The molecular formula is C19H24N2O4S. The lowest BCUT2D eigenvalue weighted by atomic mass is 9.89. The van der Waals surface area contributed by atoms with Gasteiger partial charge in [-0.05, 0) is 35.2 Å². The molecule has 0 saturated heterocycles. The second kappa shape index (κ2) is 7.26. The van der Waals surface area contributed by atoms with Gasteiger partial charge < -0.3 is 9.47 Å². The molecule has 0 fully saturated rings. The highest BCUT2D eigenvalue weighted by atomic mass is 32.2. The summed E-state index contributed by atoms with van der Waals surface area (Å²) >= 11 is 0. The van der Waals surface area contributed by atoms with Crippen molar-refractivity contribution < 1.29 is 17.9 Å². The van der Waals surface area contributed by atoms with Crippen molar-refractivity contribution in [3.8, 4) is 11.5 Å². The maximum absolute atomic E-state index is 13.0. The number of hydrogen-bond donors (Lipinski definition) is 0. The Labute approximate surface area is 155 Å². The molecule has 0 amide bonds. The predicted molar refractivity (Wildman–Crippen MR) is 101 cm³/mol. The molecule has 6 nitrogen and oxygen atoms in total. The first-order valence-electron chi connectivity index (χ1n) is 8.39. The van der Waals surface area contributed by atoms with E-state index in [4.69, 9.17) is 9.47 Å². The average Bonchev–Trinajstić information content (AvgIpc) is 2.66. The number of methoxy groups -OCH3 is 2. The Morgan fingerprint density at radius 2 is 1.65 bits per heavy atom. The van der Waals surface area contributed by atoms with Crippen LogP contribution in [0.2, 0.25) is 0 Å². The molecule has 3 rings (SSSR count). The van der Waals surface area contributed by atoms with Gasteiger partial charge in [0.2, 0.25) is 0 Å². The number of ether oxygens (including phenoxy) is 2. The van der Waals surface area contributed by atoms with Gasteiger partial charge in [-0.2, -0.15) is 17.0 Å². The molecule has 2 aromatic rings. The van der Waals surface area contributed by atoms with Crippen molar-refractivity contribution in [3.63, 3.8) is 0 Å². The lowest BCUT2D eigenvalue weighted by molar-refractivity contribution is 0.314. The minimum Gasteiger partial charge on any atom is -0.493 e. The van der Waals surface area contributed by atoms with Gasteiger partial charge in [0.05, 0.1) is 20.3 Å². The maximum atomic E-state index is 13.0. The van der Waals surface area contributed by atoms with Gasteiger partial charge in [-0.25, -0.2) is 0 Å². The smallest absolute Gasteiger partial charge is 0.282 e. The molecule has 1 atom stereocenters. The second-order valence-electron chi connectivity index (χ2n) is 6.37. The monoisotopic (exact) mass is 376 g/mol. The van der Waals surface area contributed by atoms with Crippen LogP contribution in [0, 0.1) is 0 Å². The quantitative estimate of drug-likeness (QED) is 0.804. The molecule has 1 aliphatic heterocycles. The molecule has 2 aromatic carbocycles. The molecule has 26 heavy (non-hydrogen) atoms. The first kappa shape index (κ1) is 18.7. The summed E-state index contributed by atoms with van der Waals surface area (Å²) in [6.07, 6.45) is 0.617. The van der Waals surface area contributed by atoms with Crippen molar-refractivity contribution in [1.82, 2.24) is 8.61 Å². The van der Waals surface area contributed by atoms with E-state index in [0.717, 1.165) is 16.7 Å². The summed E-state index contributed by atoms with van der Waals surface area (Å²) in [5.41, 5.74) is 2.92. The molecule has 1 aliphatic rings. The highest BCUT2D eigenvalue weighted by molar-refractivity contribution is 7.86. The Hall–Kier alpha value is -2.09. The number of benzene rings is 2. The molecule has 7 heteroatoms. The van der Waals surface area contributed by atoms with E-state index in [1.165, 1.54) is 4.31 Å². The summed E-state index contributed by atoms with van der Waals surface area (Å²) in [5.74, 6) is 1.25. The Kier molecular flexibility index (Phi) is 5.22. The highest BCUT2D eigenvalue weighted by Crippen LogP contribution is 2.42. The van der Waals surface area contributed by atoms with Crippen LogP contribution in [0.1, 0.15) is 22.7 Å². The van der Waals surface area contributed by atoms with E-state index in [0.29, 0.717) is 24.5 Å². The molecule has 0 aliphatic carbocycles. The summed E-state index contributed by atoms with van der Waals surface area (Å²) in [7, 11) is 2.72. The van der Waals surface area contributed by atoms with Crippen LogP contribution in [-0.2, 0) is 16.6 Å². The van der Waals surface area contributed by atoms with Crippen molar-refractivity contribution in [2.75, 3.05) is 34.9 Å². The van der Waals surface area contributed by atoms with Crippen molar-refractivity contribution in [2.24, 2.45) is 0 Å². The Morgan fingerprint density at radius 1 is 1.04 bits per heavy atom. The van der Waals surface area contributed by atoms with E-state index >= 15 is 0 Å². The summed E-state index contributed by atoms with van der Waals surface area (Å²) in [4.78, 5) is 0. The summed E-state index contributed by atoms with van der Waals surface area (Å²) in [5, 5.41) is 0. The largest absolute Gasteiger partial charge is 0.493 e. The van der Waals surface area contributed by atoms with Crippen molar-refractivity contribution in [1.29, 1.82) is 0 Å². The average molecular weight is 376 g/mol. The van der Waals surface area contributed by atoms with E-state index in [9.17, 15) is 8.42 Å². The van der Waals surface area contributed by atoms with Crippen LogP contribution < -0.4 is 9.47 Å². The van der Waals surface area contributed by atoms with E-state index in [1.54, 1.807) is 32.6 Å². The first-order chi connectivity index (χ1) is 12.4. The topological polar surface area (TPSA) is 59.1 Å². The van der Waals surface area contributed by atoms with Crippen LogP contribution in [0.3, 0.4) is 0 Å². The highest BCUT2D eigenvalue weighted by Gasteiger charge is 2.38. The van der Waals surface area contributed by atoms with Crippen LogP contribution in [0.5, 0.6) is 11.5 Å². The molecule has 140 valence electrons. The maximum Gasteiger partial charge on any atom is 0.282 e.